The van der Waals surface area contributed by atoms with Gasteiger partial charge in [0, 0.05) is 32.8 Å². The number of methoxy groups -OCH3 is 2. The van der Waals surface area contributed by atoms with Crippen molar-refractivity contribution in [1.82, 2.24) is 29.5 Å². The molecule has 168 valence electrons. The summed E-state index contributed by atoms with van der Waals surface area (Å²) in [5, 5.41) is 9.23. The van der Waals surface area contributed by atoms with E-state index < -0.39 is 10.0 Å². The summed E-state index contributed by atoms with van der Waals surface area (Å²) >= 11 is 0. The first kappa shape index (κ1) is 21.7. The minimum absolute atomic E-state index is 0.00147. The molecule has 0 saturated carbocycles. The van der Waals surface area contributed by atoms with Gasteiger partial charge in [-0.2, -0.15) is 10.2 Å². The van der Waals surface area contributed by atoms with Crippen LogP contribution in [-0.4, -0.2) is 58.9 Å². The highest BCUT2D eigenvalue weighted by atomic mass is 32.2. The molecule has 12 heteroatoms. The van der Waals surface area contributed by atoms with Crippen LogP contribution in [-0.2, 0) is 28.9 Å². The van der Waals surface area contributed by atoms with Crippen molar-refractivity contribution in [2.75, 3.05) is 25.3 Å². The van der Waals surface area contributed by atoms with Gasteiger partial charge in [0.25, 0.3) is 10.0 Å². The number of ether oxygens (including phenoxy) is 2. The molecule has 0 N–H and O–H groups in total. The fourth-order valence-corrected chi connectivity index (χ4v) is 4.87. The molecule has 0 radical (unpaired) electrons. The van der Waals surface area contributed by atoms with Crippen molar-refractivity contribution in [3.63, 3.8) is 0 Å². The first-order chi connectivity index (χ1) is 15.3. The number of anilines is 1. The third-order valence-corrected chi connectivity index (χ3v) is 6.68. The van der Waals surface area contributed by atoms with Crippen LogP contribution in [0.2, 0.25) is 0 Å². The van der Waals surface area contributed by atoms with Crippen LogP contribution in [0.25, 0.3) is 22.4 Å². The van der Waals surface area contributed by atoms with Crippen molar-refractivity contribution < 1.29 is 17.9 Å². The van der Waals surface area contributed by atoms with Crippen LogP contribution >= 0.6 is 0 Å². The van der Waals surface area contributed by atoms with Crippen molar-refractivity contribution >= 4 is 26.6 Å². The van der Waals surface area contributed by atoms with E-state index in [0.717, 1.165) is 9.69 Å². The lowest BCUT2D eigenvalue weighted by Gasteiger charge is -2.26. The summed E-state index contributed by atoms with van der Waals surface area (Å²) in [7, 11) is 2.34. The fraction of sp³-hybridized carbons (Fsp3) is 0.300. The van der Waals surface area contributed by atoms with Crippen LogP contribution in [0.3, 0.4) is 0 Å². The summed E-state index contributed by atoms with van der Waals surface area (Å²) in [6.45, 7) is 1.55. The zero-order valence-corrected chi connectivity index (χ0v) is 19.2. The van der Waals surface area contributed by atoms with Crippen LogP contribution < -0.4 is 9.04 Å². The highest BCUT2D eigenvalue weighted by molar-refractivity contribution is 7.92. The fourth-order valence-electron chi connectivity index (χ4n) is 3.53. The van der Waals surface area contributed by atoms with E-state index in [4.69, 9.17) is 9.47 Å². The summed E-state index contributed by atoms with van der Waals surface area (Å²) in [6.07, 6.45) is 2.96. The number of nitrogens with zero attached hydrogens (tertiary/aromatic N) is 7. The number of benzene rings is 1. The van der Waals surface area contributed by atoms with Crippen molar-refractivity contribution in [1.29, 1.82) is 0 Å². The van der Waals surface area contributed by atoms with Crippen molar-refractivity contribution in [3.8, 4) is 17.3 Å². The van der Waals surface area contributed by atoms with E-state index in [1.165, 1.54) is 26.5 Å². The zero-order valence-electron chi connectivity index (χ0n) is 18.3. The Hall–Kier alpha value is -3.51. The van der Waals surface area contributed by atoms with Gasteiger partial charge in [0.2, 0.25) is 0 Å². The second-order valence-electron chi connectivity index (χ2n) is 7.08. The summed E-state index contributed by atoms with van der Waals surface area (Å²) in [4.78, 5) is 8.65. The van der Waals surface area contributed by atoms with E-state index in [2.05, 4.69) is 20.2 Å². The number of hydrogen-bond acceptors (Lipinski definition) is 8. The Labute approximate surface area is 185 Å². The lowest BCUT2D eigenvalue weighted by atomic mass is 10.2. The molecule has 4 rings (SSSR count). The van der Waals surface area contributed by atoms with Crippen molar-refractivity contribution in [2.45, 2.75) is 11.8 Å². The number of pyridine rings is 1. The molecule has 32 heavy (non-hydrogen) atoms. The molecule has 4 aromatic rings. The lowest BCUT2D eigenvalue weighted by molar-refractivity contribution is 0.209. The molecule has 0 spiro atoms. The predicted molar refractivity (Wildman–Crippen MR) is 118 cm³/mol. The van der Waals surface area contributed by atoms with Gasteiger partial charge in [0.15, 0.2) is 5.82 Å². The largest absolute Gasteiger partial charge is 0.494 e. The third kappa shape index (κ3) is 3.56. The maximum absolute atomic E-state index is 13.7. The number of rotatable bonds is 7. The molecule has 0 saturated heterocycles. The first-order valence-electron chi connectivity index (χ1n) is 9.62. The normalized spacial score (nSPS) is 11.8. The molecule has 1 aromatic carbocycles. The van der Waals surface area contributed by atoms with Gasteiger partial charge in [-0.3, -0.25) is 9.67 Å². The number of hydrogen-bond donors (Lipinski definition) is 0. The number of aryl methyl sites for hydroxylation is 3. The van der Waals surface area contributed by atoms with Crippen molar-refractivity contribution in [3.05, 3.63) is 42.5 Å². The summed E-state index contributed by atoms with van der Waals surface area (Å²) in [5.74, 6) is 1.52. The SMILES string of the molecule is COCN(c1c(OC)ccc2cnn(C)c12)S(=O)(=O)c1ccc(-c2nc(C)nn2C)nc1. The molecule has 0 aliphatic rings. The molecule has 0 bridgehead atoms. The monoisotopic (exact) mass is 457 g/mol. The van der Waals surface area contributed by atoms with Gasteiger partial charge in [0.05, 0.1) is 18.8 Å². The molecule has 3 heterocycles. The van der Waals surface area contributed by atoms with Gasteiger partial charge in [-0.25, -0.2) is 22.4 Å². The van der Waals surface area contributed by atoms with Crippen LogP contribution in [0.1, 0.15) is 5.82 Å². The standard InChI is InChI=1S/C20H23N7O4S/c1-13-23-20(26(3)24-13)16-8-7-15(11-21-16)32(28,29)27(12-30-4)19-17(31-5)9-6-14-10-22-25(2)18(14)19/h6-11H,12H2,1-5H3. The highest BCUT2D eigenvalue weighted by Gasteiger charge is 2.31. The predicted octanol–water partition coefficient (Wildman–Crippen LogP) is 1.88. The summed E-state index contributed by atoms with van der Waals surface area (Å²) < 4.78 is 42.4. The molecule has 0 unspecified atom stereocenters. The lowest BCUT2D eigenvalue weighted by Crippen LogP contribution is -2.33. The first-order valence-corrected chi connectivity index (χ1v) is 11.1. The Balaban J connectivity index is 1.83. The summed E-state index contributed by atoms with van der Waals surface area (Å²) in [5.41, 5.74) is 1.45. The highest BCUT2D eigenvalue weighted by Crippen LogP contribution is 2.39. The van der Waals surface area contributed by atoms with E-state index in [9.17, 15) is 8.42 Å². The van der Waals surface area contributed by atoms with Gasteiger partial charge < -0.3 is 9.47 Å². The van der Waals surface area contributed by atoms with Gasteiger partial charge in [0.1, 0.15) is 34.6 Å². The maximum Gasteiger partial charge on any atom is 0.267 e. The van der Waals surface area contributed by atoms with Crippen LogP contribution in [0, 0.1) is 6.92 Å². The molecule has 0 aliphatic carbocycles. The Morgan fingerprint density at radius 2 is 1.84 bits per heavy atom. The Morgan fingerprint density at radius 1 is 1.06 bits per heavy atom. The number of fused-ring (bicyclic) bond motifs is 1. The Bertz CT molecular complexity index is 1380. The average molecular weight is 458 g/mol. The number of sulfonamides is 1. The molecular formula is C20H23N7O4S. The molecule has 0 fully saturated rings. The van der Waals surface area contributed by atoms with Gasteiger partial charge in [-0.05, 0) is 31.2 Å². The molecule has 0 amide bonds. The minimum Gasteiger partial charge on any atom is -0.494 e. The molecule has 11 nitrogen and oxygen atoms in total. The topological polar surface area (TPSA) is 117 Å². The zero-order chi connectivity index (χ0) is 23.0. The second-order valence-corrected chi connectivity index (χ2v) is 8.94. The molecule has 0 aliphatic heterocycles. The van der Waals surface area contributed by atoms with Gasteiger partial charge in [-0.1, -0.05) is 0 Å². The van der Waals surface area contributed by atoms with Crippen molar-refractivity contribution in [2.24, 2.45) is 14.1 Å². The molecular weight excluding hydrogens is 434 g/mol. The average Bonchev–Trinajstić information content (AvgIpc) is 3.32. The minimum atomic E-state index is -4.06. The van der Waals surface area contributed by atoms with E-state index >= 15 is 0 Å². The van der Waals surface area contributed by atoms with E-state index in [1.54, 1.807) is 48.7 Å². The molecule has 0 atom stereocenters. The van der Waals surface area contributed by atoms with Gasteiger partial charge in [-0.15, -0.1) is 0 Å². The quantitative estimate of drug-likeness (QED) is 0.386. The van der Waals surface area contributed by atoms with Crippen LogP contribution in [0.4, 0.5) is 5.69 Å². The maximum atomic E-state index is 13.7. The summed E-state index contributed by atoms with van der Waals surface area (Å²) in [6, 6.07) is 6.61. The Kier molecular flexibility index (Phi) is 5.57. The third-order valence-electron chi connectivity index (χ3n) is 4.98. The number of aromatic nitrogens is 6. The smallest absolute Gasteiger partial charge is 0.267 e. The van der Waals surface area contributed by atoms with E-state index in [0.29, 0.717) is 34.3 Å². The van der Waals surface area contributed by atoms with Crippen LogP contribution in [0.15, 0.2) is 41.6 Å². The van der Waals surface area contributed by atoms with Crippen LogP contribution in [0.5, 0.6) is 5.75 Å². The van der Waals surface area contributed by atoms with E-state index in [1.807, 2.05) is 6.07 Å². The van der Waals surface area contributed by atoms with Gasteiger partial charge >= 0.3 is 0 Å². The Morgan fingerprint density at radius 3 is 2.44 bits per heavy atom. The second kappa shape index (κ2) is 8.20. The molecule has 3 aromatic heterocycles. The van der Waals surface area contributed by atoms with E-state index in [-0.39, 0.29) is 11.6 Å².